The third-order valence-electron chi connectivity index (χ3n) is 6.36. The zero-order chi connectivity index (χ0) is 23.5. The van der Waals surface area contributed by atoms with Crippen molar-refractivity contribution in [2.24, 2.45) is 0 Å². The second-order valence-corrected chi connectivity index (χ2v) is 8.80. The predicted molar refractivity (Wildman–Crippen MR) is 131 cm³/mol. The Morgan fingerprint density at radius 1 is 1.06 bits per heavy atom. The summed E-state index contributed by atoms with van der Waals surface area (Å²) in [5.74, 6) is -0.483. The third-order valence-corrected chi connectivity index (χ3v) is 6.61. The topological polar surface area (TPSA) is 73.0 Å². The van der Waals surface area contributed by atoms with E-state index >= 15 is 0 Å². The summed E-state index contributed by atoms with van der Waals surface area (Å²) in [7, 11) is 0. The molecule has 2 aromatic carbocycles. The molecule has 3 amide bonds. The second-order valence-electron chi connectivity index (χ2n) is 8.37. The van der Waals surface area contributed by atoms with Crippen LogP contribution in [0.3, 0.4) is 0 Å². The lowest BCUT2D eigenvalue weighted by atomic mass is 9.95. The molecule has 8 heteroatoms. The van der Waals surface area contributed by atoms with Gasteiger partial charge in [-0.25, -0.2) is 0 Å². The van der Waals surface area contributed by atoms with Crippen molar-refractivity contribution in [2.45, 2.75) is 39.2 Å². The van der Waals surface area contributed by atoms with Crippen molar-refractivity contribution in [1.29, 1.82) is 0 Å². The largest absolute Gasteiger partial charge is 0.358 e. The molecule has 2 aliphatic rings. The molecule has 0 aliphatic carbocycles. The first kappa shape index (κ1) is 23.1. The van der Waals surface area contributed by atoms with E-state index in [9.17, 15) is 14.4 Å². The van der Waals surface area contributed by atoms with Gasteiger partial charge in [-0.1, -0.05) is 11.6 Å². The van der Waals surface area contributed by atoms with E-state index in [0.29, 0.717) is 35.1 Å². The number of anilines is 3. The minimum atomic E-state index is -0.304. The van der Waals surface area contributed by atoms with Crippen molar-refractivity contribution in [3.63, 3.8) is 0 Å². The van der Waals surface area contributed by atoms with Gasteiger partial charge in [0.25, 0.3) is 5.91 Å². The Morgan fingerprint density at radius 2 is 1.79 bits per heavy atom. The number of nitrogens with one attached hydrogen (secondary N) is 1. The Kier molecular flexibility index (Phi) is 6.88. The lowest BCUT2D eigenvalue weighted by Crippen LogP contribution is -2.56. The normalized spacial score (nSPS) is 17.3. The Balaban J connectivity index is 1.66. The summed E-state index contributed by atoms with van der Waals surface area (Å²) in [5, 5.41) is 3.41. The molecule has 0 bridgehead atoms. The number of hydrogen-bond donors (Lipinski definition) is 1. The summed E-state index contributed by atoms with van der Waals surface area (Å²) in [5.41, 5.74) is 2.64. The number of carbonyl (C=O) groups is 3. The number of rotatable bonds is 6. The van der Waals surface area contributed by atoms with Crippen molar-refractivity contribution >= 4 is 46.4 Å². The average Bonchev–Trinajstić information content (AvgIpc) is 2.83. The monoisotopic (exact) mass is 468 g/mol. The first-order valence-electron chi connectivity index (χ1n) is 11.5. The maximum atomic E-state index is 13.5. The van der Waals surface area contributed by atoms with Gasteiger partial charge in [-0.15, -0.1) is 0 Å². The fourth-order valence-electron chi connectivity index (χ4n) is 4.62. The fraction of sp³-hybridized carbons (Fsp3) is 0.400. The molecule has 1 fully saturated rings. The van der Waals surface area contributed by atoms with E-state index in [0.717, 1.165) is 31.5 Å². The molecule has 33 heavy (non-hydrogen) atoms. The molecule has 1 saturated heterocycles. The van der Waals surface area contributed by atoms with Gasteiger partial charge in [-0.05, 0) is 75.6 Å². The number of benzene rings is 2. The van der Waals surface area contributed by atoms with Crippen LogP contribution in [-0.2, 0) is 9.59 Å². The standard InChI is InChI=1S/C25H29ClN4O3/c1-3-28(4-2)24(32)17-8-13-20-22(15-17)30(25(33)21-7-5-6-14-29(20)21)16-23(31)27-19-11-9-18(26)10-12-19/h8-13,15,21H,3-7,14,16H2,1-2H3,(H,27,31)/t21-/m0/s1. The number of carbonyl (C=O) groups excluding carboxylic acids is 3. The van der Waals surface area contributed by atoms with E-state index in [4.69, 9.17) is 11.6 Å². The fourth-order valence-corrected chi connectivity index (χ4v) is 4.75. The van der Waals surface area contributed by atoms with Gasteiger partial charge in [0.05, 0.1) is 11.4 Å². The molecule has 2 heterocycles. The van der Waals surface area contributed by atoms with Crippen LogP contribution in [0, 0.1) is 0 Å². The molecule has 2 aromatic rings. The van der Waals surface area contributed by atoms with Gasteiger partial charge in [0.1, 0.15) is 12.6 Å². The van der Waals surface area contributed by atoms with Crippen molar-refractivity contribution in [3.8, 4) is 0 Å². The van der Waals surface area contributed by atoms with Crippen molar-refractivity contribution in [3.05, 3.63) is 53.1 Å². The van der Waals surface area contributed by atoms with E-state index in [1.807, 2.05) is 26.0 Å². The summed E-state index contributed by atoms with van der Waals surface area (Å²) < 4.78 is 0. The number of halogens is 1. The highest BCUT2D eigenvalue weighted by atomic mass is 35.5. The van der Waals surface area contributed by atoms with Crippen LogP contribution >= 0.6 is 11.6 Å². The molecule has 2 aliphatic heterocycles. The van der Waals surface area contributed by atoms with E-state index in [-0.39, 0.29) is 30.3 Å². The molecule has 0 radical (unpaired) electrons. The van der Waals surface area contributed by atoms with Crippen LogP contribution < -0.4 is 15.1 Å². The minimum absolute atomic E-state index is 0.0819. The van der Waals surface area contributed by atoms with Crippen LogP contribution in [0.25, 0.3) is 0 Å². The summed E-state index contributed by atoms with van der Waals surface area (Å²) in [6.45, 7) is 5.75. The van der Waals surface area contributed by atoms with Gasteiger partial charge in [0.15, 0.2) is 0 Å². The van der Waals surface area contributed by atoms with Gasteiger partial charge >= 0.3 is 0 Å². The molecular weight excluding hydrogens is 440 g/mol. The zero-order valence-electron chi connectivity index (χ0n) is 19.0. The van der Waals surface area contributed by atoms with Crippen LogP contribution in [0.1, 0.15) is 43.5 Å². The van der Waals surface area contributed by atoms with Gasteiger partial charge in [0, 0.05) is 35.9 Å². The van der Waals surface area contributed by atoms with Crippen LogP contribution in [0.5, 0.6) is 0 Å². The Hall–Kier alpha value is -3.06. The Morgan fingerprint density at radius 3 is 2.48 bits per heavy atom. The molecule has 4 rings (SSSR count). The lowest BCUT2D eigenvalue weighted by molar-refractivity contribution is -0.123. The first-order chi connectivity index (χ1) is 15.9. The molecule has 1 N–H and O–H groups in total. The predicted octanol–water partition coefficient (Wildman–Crippen LogP) is 4.17. The number of hydrogen-bond acceptors (Lipinski definition) is 4. The van der Waals surface area contributed by atoms with E-state index < -0.39 is 0 Å². The summed E-state index contributed by atoms with van der Waals surface area (Å²) in [4.78, 5) is 44.7. The summed E-state index contributed by atoms with van der Waals surface area (Å²) >= 11 is 5.93. The highest BCUT2D eigenvalue weighted by molar-refractivity contribution is 6.30. The van der Waals surface area contributed by atoms with E-state index in [1.54, 1.807) is 35.2 Å². The number of fused-ring (bicyclic) bond motifs is 3. The smallest absolute Gasteiger partial charge is 0.253 e. The SMILES string of the molecule is CCN(CC)C(=O)c1ccc2c(c1)N(CC(=O)Nc1ccc(Cl)cc1)C(=O)[C@@H]1CCCCN21. The van der Waals surface area contributed by atoms with Gasteiger partial charge in [-0.2, -0.15) is 0 Å². The van der Waals surface area contributed by atoms with Crippen molar-refractivity contribution in [1.82, 2.24) is 4.90 Å². The van der Waals surface area contributed by atoms with Gasteiger partial charge in [-0.3, -0.25) is 19.3 Å². The molecule has 0 saturated carbocycles. The van der Waals surface area contributed by atoms with Crippen molar-refractivity contribution in [2.75, 3.05) is 41.3 Å². The first-order valence-corrected chi connectivity index (χ1v) is 11.9. The van der Waals surface area contributed by atoms with Crippen LogP contribution in [0.15, 0.2) is 42.5 Å². The van der Waals surface area contributed by atoms with Crippen molar-refractivity contribution < 1.29 is 14.4 Å². The second kappa shape index (κ2) is 9.83. The van der Waals surface area contributed by atoms with Crippen LogP contribution in [0.4, 0.5) is 17.1 Å². The number of amides is 3. The molecule has 0 unspecified atom stereocenters. The zero-order valence-corrected chi connectivity index (χ0v) is 19.8. The molecule has 0 aromatic heterocycles. The molecule has 7 nitrogen and oxygen atoms in total. The third kappa shape index (κ3) is 4.69. The molecule has 0 spiro atoms. The average molecular weight is 469 g/mol. The molecule has 1 atom stereocenters. The van der Waals surface area contributed by atoms with Gasteiger partial charge < -0.3 is 15.1 Å². The maximum absolute atomic E-state index is 13.5. The molecular formula is C25H29ClN4O3. The van der Waals surface area contributed by atoms with Crippen LogP contribution in [-0.4, -0.2) is 54.8 Å². The number of nitrogens with zero attached hydrogens (tertiary/aromatic N) is 3. The Bertz CT molecular complexity index is 1050. The maximum Gasteiger partial charge on any atom is 0.253 e. The lowest BCUT2D eigenvalue weighted by Gasteiger charge is -2.45. The minimum Gasteiger partial charge on any atom is -0.358 e. The Labute approximate surface area is 199 Å². The highest BCUT2D eigenvalue weighted by Crippen LogP contribution is 2.40. The summed E-state index contributed by atoms with van der Waals surface area (Å²) in [6.07, 6.45) is 2.75. The summed E-state index contributed by atoms with van der Waals surface area (Å²) in [6, 6.07) is 12.1. The highest BCUT2D eigenvalue weighted by Gasteiger charge is 2.40. The van der Waals surface area contributed by atoms with E-state index in [1.165, 1.54) is 4.90 Å². The quantitative estimate of drug-likeness (QED) is 0.690. The molecule has 174 valence electrons. The number of piperidine rings is 1. The van der Waals surface area contributed by atoms with E-state index in [2.05, 4.69) is 10.2 Å². The van der Waals surface area contributed by atoms with Crippen LogP contribution in [0.2, 0.25) is 5.02 Å². The van der Waals surface area contributed by atoms with Gasteiger partial charge in [0.2, 0.25) is 11.8 Å².